The van der Waals surface area contributed by atoms with E-state index in [-0.39, 0.29) is 0 Å². The Balaban J connectivity index is 1.31. The Morgan fingerprint density at radius 2 is 1.17 bits per heavy atom. The molecule has 3 aromatic carbocycles. The van der Waals surface area contributed by atoms with Gasteiger partial charge in [0.2, 0.25) is 0 Å². The molecule has 148 valence electrons. The Labute approximate surface area is 178 Å². The fourth-order valence-corrected chi connectivity index (χ4v) is 3.93. The van der Waals surface area contributed by atoms with Crippen LogP contribution in [0, 0.1) is 22.7 Å². The lowest BCUT2D eigenvalue weighted by molar-refractivity contribution is 0.122. The van der Waals surface area contributed by atoms with E-state index in [2.05, 4.69) is 58.3 Å². The fraction of sp³-hybridized carbons (Fsp3) is 0.231. The van der Waals surface area contributed by atoms with Crippen molar-refractivity contribution in [1.82, 2.24) is 9.80 Å². The second-order valence-corrected chi connectivity index (χ2v) is 7.72. The van der Waals surface area contributed by atoms with Gasteiger partial charge in [-0.25, -0.2) is 0 Å². The number of nitrogens with zero attached hydrogens (tertiary/aromatic N) is 4. The van der Waals surface area contributed by atoms with Crippen LogP contribution in [0.3, 0.4) is 0 Å². The van der Waals surface area contributed by atoms with E-state index in [0.717, 1.165) is 50.4 Å². The third kappa shape index (κ3) is 4.75. The van der Waals surface area contributed by atoms with Crippen LogP contribution in [0.1, 0.15) is 22.3 Å². The summed E-state index contributed by atoms with van der Waals surface area (Å²) in [6.07, 6.45) is 0. The average molecular weight is 393 g/mol. The predicted octanol–water partition coefficient (Wildman–Crippen LogP) is 4.41. The molecule has 0 atom stereocenters. The molecule has 4 heteroatoms. The number of rotatable bonds is 5. The standard InChI is InChI=1S/C26H24N4/c27-17-21-5-7-22(8-6-21)19-29-13-15-30(16-14-29)20-23-9-11-24(12-10-23)26-4-2-1-3-25(26)18-28/h1-12H,13-16,19-20H2. The lowest BCUT2D eigenvalue weighted by atomic mass is 9.99. The van der Waals surface area contributed by atoms with Crippen molar-refractivity contribution < 1.29 is 0 Å². The highest BCUT2D eigenvalue weighted by atomic mass is 15.3. The number of benzene rings is 3. The topological polar surface area (TPSA) is 54.1 Å². The second-order valence-electron chi connectivity index (χ2n) is 7.72. The Bertz CT molecular complexity index is 1060. The first-order valence-corrected chi connectivity index (χ1v) is 10.3. The Hall–Kier alpha value is -3.44. The quantitative estimate of drug-likeness (QED) is 0.645. The number of hydrogen-bond donors (Lipinski definition) is 0. The third-order valence-corrected chi connectivity index (χ3v) is 5.67. The molecule has 0 aromatic heterocycles. The minimum Gasteiger partial charge on any atom is -0.297 e. The molecular weight excluding hydrogens is 368 g/mol. The van der Waals surface area contributed by atoms with Crippen molar-refractivity contribution >= 4 is 0 Å². The minimum atomic E-state index is 0.712. The maximum atomic E-state index is 9.32. The van der Waals surface area contributed by atoms with Crippen LogP contribution in [0.4, 0.5) is 0 Å². The van der Waals surface area contributed by atoms with Gasteiger partial charge in [0.15, 0.2) is 0 Å². The van der Waals surface area contributed by atoms with E-state index >= 15 is 0 Å². The van der Waals surface area contributed by atoms with Gasteiger partial charge in [0.25, 0.3) is 0 Å². The minimum absolute atomic E-state index is 0.712. The van der Waals surface area contributed by atoms with Gasteiger partial charge in [-0.2, -0.15) is 10.5 Å². The molecule has 1 aliphatic rings. The SMILES string of the molecule is N#Cc1ccc(CN2CCN(Cc3ccc(-c4ccccc4C#N)cc3)CC2)cc1. The molecule has 0 saturated carbocycles. The van der Waals surface area contributed by atoms with Gasteiger partial charge in [0.05, 0.1) is 23.3 Å². The van der Waals surface area contributed by atoms with Gasteiger partial charge >= 0.3 is 0 Å². The van der Waals surface area contributed by atoms with Gasteiger partial charge in [-0.3, -0.25) is 9.80 Å². The monoisotopic (exact) mass is 392 g/mol. The molecule has 0 aliphatic carbocycles. The third-order valence-electron chi connectivity index (χ3n) is 5.67. The van der Waals surface area contributed by atoms with Crippen molar-refractivity contribution in [3.05, 3.63) is 95.1 Å². The summed E-state index contributed by atoms with van der Waals surface area (Å²) in [4.78, 5) is 4.97. The molecule has 30 heavy (non-hydrogen) atoms. The predicted molar refractivity (Wildman–Crippen MR) is 118 cm³/mol. The highest BCUT2D eigenvalue weighted by molar-refractivity contribution is 5.70. The zero-order chi connectivity index (χ0) is 20.8. The van der Waals surface area contributed by atoms with Gasteiger partial charge in [-0.15, -0.1) is 0 Å². The van der Waals surface area contributed by atoms with Gasteiger partial charge in [0.1, 0.15) is 0 Å². The molecule has 1 saturated heterocycles. The van der Waals surface area contributed by atoms with E-state index in [0.29, 0.717) is 11.1 Å². The normalized spacial score (nSPS) is 14.7. The molecule has 1 heterocycles. The summed E-state index contributed by atoms with van der Waals surface area (Å²) in [5.41, 5.74) is 6.06. The van der Waals surface area contributed by atoms with Crippen molar-refractivity contribution in [2.45, 2.75) is 13.1 Å². The van der Waals surface area contributed by atoms with E-state index < -0.39 is 0 Å². The van der Waals surface area contributed by atoms with E-state index in [1.54, 1.807) is 0 Å². The van der Waals surface area contributed by atoms with Crippen molar-refractivity contribution in [3.63, 3.8) is 0 Å². The van der Waals surface area contributed by atoms with Gasteiger partial charge in [-0.05, 0) is 40.5 Å². The smallest absolute Gasteiger partial charge is 0.0998 e. The molecule has 1 aliphatic heterocycles. The maximum absolute atomic E-state index is 9.32. The number of hydrogen-bond acceptors (Lipinski definition) is 4. The van der Waals surface area contributed by atoms with Crippen LogP contribution in [0.25, 0.3) is 11.1 Å². The van der Waals surface area contributed by atoms with Crippen LogP contribution in [0.2, 0.25) is 0 Å². The highest BCUT2D eigenvalue weighted by Gasteiger charge is 2.17. The van der Waals surface area contributed by atoms with Crippen molar-refractivity contribution in [3.8, 4) is 23.3 Å². The van der Waals surface area contributed by atoms with Crippen LogP contribution in [-0.4, -0.2) is 36.0 Å². The summed E-state index contributed by atoms with van der Waals surface area (Å²) < 4.78 is 0. The van der Waals surface area contributed by atoms with E-state index in [9.17, 15) is 5.26 Å². The van der Waals surface area contributed by atoms with Crippen molar-refractivity contribution in [2.24, 2.45) is 0 Å². The summed E-state index contributed by atoms with van der Waals surface area (Å²) in [6, 6.07) is 28.7. The summed E-state index contributed by atoms with van der Waals surface area (Å²) in [6.45, 7) is 6.09. The summed E-state index contributed by atoms with van der Waals surface area (Å²) >= 11 is 0. The molecule has 0 N–H and O–H groups in total. The van der Waals surface area contributed by atoms with E-state index in [1.807, 2.05) is 36.4 Å². The summed E-state index contributed by atoms with van der Waals surface area (Å²) in [7, 11) is 0. The van der Waals surface area contributed by atoms with Crippen LogP contribution >= 0.6 is 0 Å². The first kappa shape index (κ1) is 19.9. The van der Waals surface area contributed by atoms with E-state index in [1.165, 1.54) is 11.1 Å². The second kappa shape index (κ2) is 9.37. The Kier molecular flexibility index (Phi) is 6.20. The van der Waals surface area contributed by atoms with Crippen LogP contribution in [-0.2, 0) is 13.1 Å². The van der Waals surface area contributed by atoms with Crippen LogP contribution in [0.5, 0.6) is 0 Å². The first-order valence-electron chi connectivity index (χ1n) is 10.3. The molecule has 1 fully saturated rings. The lowest BCUT2D eigenvalue weighted by Gasteiger charge is -2.34. The molecular formula is C26H24N4. The molecule has 3 aromatic rings. The lowest BCUT2D eigenvalue weighted by Crippen LogP contribution is -2.45. The zero-order valence-electron chi connectivity index (χ0n) is 17.0. The average Bonchev–Trinajstić information content (AvgIpc) is 2.81. The van der Waals surface area contributed by atoms with Gasteiger partial charge in [0, 0.05) is 39.3 Å². The highest BCUT2D eigenvalue weighted by Crippen LogP contribution is 2.24. The summed E-state index contributed by atoms with van der Waals surface area (Å²) in [5.74, 6) is 0. The largest absolute Gasteiger partial charge is 0.297 e. The first-order chi connectivity index (χ1) is 14.7. The zero-order valence-corrected chi connectivity index (χ0v) is 17.0. The molecule has 0 bridgehead atoms. The molecule has 0 radical (unpaired) electrons. The van der Waals surface area contributed by atoms with Crippen molar-refractivity contribution in [2.75, 3.05) is 26.2 Å². The number of nitriles is 2. The Morgan fingerprint density at radius 1 is 0.633 bits per heavy atom. The van der Waals surface area contributed by atoms with Crippen LogP contribution in [0.15, 0.2) is 72.8 Å². The van der Waals surface area contributed by atoms with Gasteiger partial charge in [-0.1, -0.05) is 54.6 Å². The van der Waals surface area contributed by atoms with E-state index in [4.69, 9.17) is 5.26 Å². The molecule has 4 nitrogen and oxygen atoms in total. The molecule has 0 unspecified atom stereocenters. The van der Waals surface area contributed by atoms with Crippen molar-refractivity contribution in [1.29, 1.82) is 10.5 Å². The molecule has 0 amide bonds. The van der Waals surface area contributed by atoms with Crippen LogP contribution < -0.4 is 0 Å². The molecule has 0 spiro atoms. The Morgan fingerprint density at radius 3 is 1.70 bits per heavy atom. The maximum Gasteiger partial charge on any atom is 0.0998 e. The summed E-state index contributed by atoms with van der Waals surface area (Å²) in [5, 5.41) is 18.2. The fourth-order valence-electron chi connectivity index (χ4n) is 3.93. The number of piperazine rings is 1. The van der Waals surface area contributed by atoms with Gasteiger partial charge < -0.3 is 0 Å². The molecule has 4 rings (SSSR count).